The zero-order chi connectivity index (χ0) is 15.9. The molecule has 0 amide bonds. The van der Waals surface area contributed by atoms with Gasteiger partial charge < -0.3 is 0 Å². The number of anilines is 1. The van der Waals surface area contributed by atoms with Gasteiger partial charge in [-0.15, -0.1) is 11.3 Å². The third kappa shape index (κ3) is 2.95. The van der Waals surface area contributed by atoms with Gasteiger partial charge in [-0.05, 0) is 49.7 Å². The molecule has 0 saturated heterocycles. The quantitative estimate of drug-likeness (QED) is 0.761. The minimum Gasteiger partial charge on any atom is -0.280 e. The Labute approximate surface area is 137 Å². The molecule has 0 saturated carbocycles. The summed E-state index contributed by atoms with van der Waals surface area (Å²) in [4.78, 5) is 4.54. The average molecular weight is 353 g/mol. The number of nitrogens with one attached hydrogen (secondary N) is 1. The van der Waals surface area contributed by atoms with Gasteiger partial charge in [-0.3, -0.25) is 4.72 Å². The molecule has 22 heavy (non-hydrogen) atoms. The summed E-state index contributed by atoms with van der Waals surface area (Å²) in [6.07, 6.45) is 0. The highest BCUT2D eigenvalue weighted by molar-refractivity contribution is 7.92. The van der Waals surface area contributed by atoms with E-state index in [2.05, 4.69) is 9.71 Å². The third-order valence-corrected chi connectivity index (χ3v) is 5.88. The van der Waals surface area contributed by atoms with Gasteiger partial charge in [0.15, 0.2) is 0 Å². The fraction of sp³-hybridized carbons (Fsp3) is 0.133. The van der Waals surface area contributed by atoms with E-state index in [1.807, 2.05) is 13.0 Å². The van der Waals surface area contributed by atoms with E-state index in [4.69, 9.17) is 11.6 Å². The predicted molar refractivity (Wildman–Crippen MR) is 91.4 cm³/mol. The van der Waals surface area contributed by atoms with Gasteiger partial charge in [-0.25, -0.2) is 13.4 Å². The van der Waals surface area contributed by atoms with Crippen LogP contribution in [0.1, 0.15) is 10.6 Å². The van der Waals surface area contributed by atoms with Crippen molar-refractivity contribution in [3.8, 4) is 0 Å². The summed E-state index contributed by atoms with van der Waals surface area (Å²) in [5, 5.41) is 1.33. The maximum absolute atomic E-state index is 12.5. The van der Waals surface area contributed by atoms with Gasteiger partial charge in [0.2, 0.25) is 0 Å². The van der Waals surface area contributed by atoms with Crippen LogP contribution < -0.4 is 4.72 Å². The van der Waals surface area contributed by atoms with Crippen molar-refractivity contribution < 1.29 is 8.42 Å². The molecule has 0 unspecified atom stereocenters. The fourth-order valence-corrected chi connectivity index (χ4v) is 4.60. The van der Waals surface area contributed by atoms with Crippen LogP contribution in [0.3, 0.4) is 0 Å². The second kappa shape index (κ2) is 5.53. The van der Waals surface area contributed by atoms with Crippen molar-refractivity contribution in [1.29, 1.82) is 0 Å². The van der Waals surface area contributed by atoms with Crippen LogP contribution in [0, 0.1) is 13.8 Å². The molecule has 114 valence electrons. The SMILES string of the molecule is Cc1nc2ccc(NS(=O)(=O)c3cc(Cl)ccc3C)cc2s1. The van der Waals surface area contributed by atoms with Crippen molar-refractivity contribution in [2.45, 2.75) is 18.7 Å². The summed E-state index contributed by atoms with van der Waals surface area (Å²) in [5.74, 6) is 0. The Morgan fingerprint density at radius 1 is 1.14 bits per heavy atom. The molecule has 1 heterocycles. The van der Waals surface area contributed by atoms with Crippen molar-refractivity contribution in [3.63, 3.8) is 0 Å². The Bertz CT molecular complexity index is 965. The highest BCUT2D eigenvalue weighted by atomic mass is 35.5. The second-order valence-electron chi connectivity index (χ2n) is 4.93. The first-order chi connectivity index (χ1) is 10.3. The minimum atomic E-state index is -3.68. The van der Waals surface area contributed by atoms with E-state index in [-0.39, 0.29) is 4.90 Å². The van der Waals surface area contributed by atoms with Gasteiger partial charge in [0, 0.05) is 5.02 Å². The number of halogens is 1. The van der Waals surface area contributed by atoms with E-state index in [9.17, 15) is 8.42 Å². The molecule has 1 aromatic heterocycles. The normalized spacial score (nSPS) is 11.8. The number of rotatable bonds is 3. The fourth-order valence-electron chi connectivity index (χ4n) is 2.18. The van der Waals surface area contributed by atoms with Crippen molar-refractivity contribution in [2.75, 3.05) is 4.72 Å². The Morgan fingerprint density at radius 2 is 1.91 bits per heavy atom. The summed E-state index contributed by atoms with van der Waals surface area (Å²) >= 11 is 7.43. The molecule has 2 aromatic carbocycles. The van der Waals surface area contributed by atoms with E-state index in [0.29, 0.717) is 16.3 Å². The average Bonchev–Trinajstić information content (AvgIpc) is 2.80. The lowest BCUT2D eigenvalue weighted by molar-refractivity contribution is 0.600. The molecule has 3 rings (SSSR count). The zero-order valence-corrected chi connectivity index (χ0v) is 14.3. The summed E-state index contributed by atoms with van der Waals surface area (Å²) in [6, 6.07) is 10.1. The van der Waals surface area contributed by atoms with Crippen LogP contribution in [0.15, 0.2) is 41.3 Å². The number of hydrogen-bond donors (Lipinski definition) is 1. The lowest BCUT2D eigenvalue weighted by Crippen LogP contribution is -2.14. The molecule has 3 aromatic rings. The molecule has 0 bridgehead atoms. The summed E-state index contributed by atoms with van der Waals surface area (Å²) in [6.45, 7) is 3.66. The number of thiazole rings is 1. The van der Waals surface area contributed by atoms with Crippen LogP contribution in [0.4, 0.5) is 5.69 Å². The number of fused-ring (bicyclic) bond motifs is 1. The molecule has 0 aliphatic rings. The highest BCUT2D eigenvalue weighted by Gasteiger charge is 2.17. The van der Waals surface area contributed by atoms with Crippen molar-refractivity contribution >= 4 is 48.9 Å². The maximum Gasteiger partial charge on any atom is 0.262 e. The van der Waals surface area contributed by atoms with Crippen LogP contribution in [0.5, 0.6) is 0 Å². The van der Waals surface area contributed by atoms with Crippen LogP contribution in [0.2, 0.25) is 5.02 Å². The topological polar surface area (TPSA) is 59.1 Å². The van der Waals surface area contributed by atoms with E-state index in [1.54, 1.807) is 31.2 Å². The molecule has 0 radical (unpaired) electrons. The van der Waals surface area contributed by atoms with Gasteiger partial charge in [0.25, 0.3) is 10.0 Å². The standard InChI is InChI=1S/C15H13ClN2O2S2/c1-9-3-4-11(16)7-15(9)22(19,20)18-12-5-6-13-14(8-12)21-10(2)17-13/h3-8,18H,1-2H3. The van der Waals surface area contributed by atoms with E-state index >= 15 is 0 Å². The zero-order valence-electron chi connectivity index (χ0n) is 11.9. The largest absolute Gasteiger partial charge is 0.280 e. The number of hydrogen-bond acceptors (Lipinski definition) is 4. The second-order valence-corrected chi connectivity index (χ2v) is 8.25. The Balaban J connectivity index is 2.00. The predicted octanol–water partition coefficient (Wildman–Crippen LogP) is 4.37. The van der Waals surface area contributed by atoms with Gasteiger partial charge in [0.1, 0.15) is 0 Å². The number of nitrogens with zero attached hydrogens (tertiary/aromatic N) is 1. The molecule has 0 aliphatic carbocycles. The van der Waals surface area contributed by atoms with Crippen LogP contribution in [-0.4, -0.2) is 13.4 Å². The first kappa shape index (κ1) is 15.3. The van der Waals surface area contributed by atoms with Crippen molar-refractivity contribution in [1.82, 2.24) is 4.98 Å². The molecular weight excluding hydrogens is 340 g/mol. The third-order valence-electron chi connectivity index (χ3n) is 3.19. The molecule has 7 heteroatoms. The smallest absolute Gasteiger partial charge is 0.262 e. The lowest BCUT2D eigenvalue weighted by atomic mass is 10.2. The van der Waals surface area contributed by atoms with Crippen molar-refractivity contribution in [3.05, 3.63) is 52.0 Å². The minimum absolute atomic E-state index is 0.181. The van der Waals surface area contributed by atoms with Crippen molar-refractivity contribution in [2.24, 2.45) is 0 Å². The Hall–Kier alpha value is -1.63. The Kier molecular flexibility index (Phi) is 3.84. The highest BCUT2D eigenvalue weighted by Crippen LogP contribution is 2.27. The monoisotopic (exact) mass is 352 g/mol. The van der Waals surface area contributed by atoms with Gasteiger partial charge in [-0.1, -0.05) is 17.7 Å². The molecular formula is C15H13ClN2O2S2. The van der Waals surface area contributed by atoms with Crippen LogP contribution in [-0.2, 0) is 10.0 Å². The van der Waals surface area contributed by atoms with E-state index in [1.165, 1.54) is 17.4 Å². The van der Waals surface area contributed by atoms with E-state index < -0.39 is 10.0 Å². The van der Waals surface area contributed by atoms with Gasteiger partial charge in [-0.2, -0.15) is 0 Å². The molecule has 0 spiro atoms. The molecule has 0 atom stereocenters. The first-order valence-corrected chi connectivity index (χ1v) is 9.19. The lowest BCUT2D eigenvalue weighted by Gasteiger charge is -2.10. The van der Waals surface area contributed by atoms with Crippen LogP contribution >= 0.6 is 22.9 Å². The maximum atomic E-state index is 12.5. The van der Waals surface area contributed by atoms with Gasteiger partial charge in [0.05, 0.1) is 25.8 Å². The Morgan fingerprint density at radius 3 is 2.68 bits per heavy atom. The number of aryl methyl sites for hydroxylation is 2. The summed E-state index contributed by atoms with van der Waals surface area (Å²) < 4.78 is 28.6. The van der Waals surface area contributed by atoms with Gasteiger partial charge >= 0.3 is 0 Å². The molecule has 0 aliphatic heterocycles. The first-order valence-electron chi connectivity index (χ1n) is 6.51. The molecule has 4 nitrogen and oxygen atoms in total. The molecule has 0 fully saturated rings. The number of aromatic nitrogens is 1. The summed E-state index contributed by atoms with van der Waals surface area (Å²) in [5.41, 5.74) is 2.02. The summed E-state index contributed by atoms with van der Waals surface area (Å²) in [7, 11) is -3.68. The van der Waals surface area contributed by atoms with E-state index in [0.717, 1.165) is 15.2 Å². The van der Waals surface area contributed by atoms with Crippen LogP contribution in [0.25, 0.3) is 10.2 Å². The molecule has 1 N–H and O–H groups in total. The number of sulfonamides is 1. The number of benzene rings is 2.